The number of nitrogens with zero attached hydrogens (tertiary/aromatic N) is 4. The molecule has 0 unspecified atom stereocenters. The van der Waals surface area contributed by atoms with E-state index in [2.05, 4.69) is 144 Å². The number of benzene rings is 9. The zero-order chi connectivity index (χ0) is 41.4. The first-order valence-electron chi connectivity index (χ1n) is 21.1. The Kier molecular flexibility index (Phi) is 8.01. The third-order valence-electron chi connectivity index (χ3n) is 12.2. The standard InChI is InChI=1S/C57H34N4OS/c1-3-15-35(16-4-1)55-58-56(36-17-5-2-6-18-36)60-57(59-55)40-22-14-20-38(32-40)37-19-13-21-39(31-37)45-33-41(61-47-26-10-7-23-42(47)43-24-8-11-27-48(43)61)34-46-53-51(63-54(45)46)30-29-50-52(53)44-25-9-12-28-49(44)62-50/h1-34H. The molecule has 13 aromatic rings. The molecular formula is C57H34N4OS. The molecule has 0 spiro atoms. The number of aromatic nitrogens is 4. The van der Waals surface area contributed by atoms with E-state index in [-0.39, 0.29) is 0 Å². The Morgan fingerprint density at radius 2 is 0.889 bits per heavy atom. The van der Waals surface area contributed by atoms with E-state index in [9.17, 15) is 0 Å². The molecule has 4 aromatic heterocycles. The van der Waals surface area contributed by atoms with Crippen LogP contribution in [0.1, 0.15) is 0 Å². The highest BCUT2D eigenvalue weighted by molar-refractivity contribution is 7.26. The summed E-state index contributed by atoms with van der Waals surface area (Å²) in [4.78, 5) is 15.0. The van der Waals surface area contributed by atoms with Crippen molar-refractivity contribution < 1.29 is 4.42 Å². The number of thiophene rings is 1. The lowest BCUT2D eigenvalue weighted by Crippen LogP contribution is -2.00. The molecule has 0 amide bonds. The normalized spacial score (nSPS) is 11.8. The predicted molar refractivity (Wildman–Crippen MR) is 262 cm³/mol. The van der Waals surface area contributed by atoms with Crippen LogP contribution in [0, 0.1) is 0 Å². The highest BCUT2D eigenvalue weighted by Crippen LogP contribution is 2.47. The van der Waals surface area contributed by atoms with Crippen molar-refractivity contribution in [1.82, 2.24) is 19.5 Å². The van der Waals surface area contributed by atoms with Gasteiger partial charge in [-0.15, -0.1) is 11.3 Å². The predicted octanol–water partition coefficient (Wildman–Crippen LogP) is 15.6. The van der Waals surface area contributed by atoms with Crippen molar-refractivity contribution in [3.8, 4) is 62.1 Å². The van der Waals surface area contributed by atoms with E-state index < -0.39 is 0 Å². The summed E-state index contributed by atoms with van der Waals surface area (Å²) in [6, 6.07) is 72.7. The number of fused-ring (bicyclic) bond motifs is 10. The summed E-state index contributed by atoms with van der Waals surface area (Å²) in [5, 5.41) is 7.21. The Morgan fingerprint density at radius 3 is 1.56 bits per heavy atom. The van der Waals surface area contributed by atoms with Crippen LogP contribution in [0.25, 0.3) is 126 Å². The average molecular weight is 823 g/mol. The van der Waals surface area contributed by atoms with Gasteiger partial charge in [-0.05, 0) is 71.3 Å². The molecule has 0 aliphatic carbocycles. The first-order valence-corrected chi connectivity index (χ1v) is 21.9. The Morgan fingerprint density at radius 1 is 0.365 bits per heavy atom. The summed E-state index contributed by atoms with van der Waals surface area (Å²) in [5.41, 5.74) is 12.6. The fourth-order valence-electron chi connectivity index (χ4n) is 9.36. The van der Waals surface area contributed by atoms with Gasteiger partial charge in [-0.1, -0.05) is 152 Å². The van der Waals surface area contributed by atoms with Crippen LogP contribution in [-0.2, 0) is 0 Å². The van der Waals surface area contributed by atoms with Crippen molar-refractivity contribution in [2.24, 2.45) is 0 Å². The number of hydrogen-bond donors (Lipinski definition) is 0. The number of hydrogen-bond acceptors (Lipinski definition) is 5. The van der Waals surface area contributed by atoms with Crippen LogP contribution in [0.4, 0.5) is 0 Å². The Bertz CT molecular complexity index is 3810. The van der Waals surface area contributed by atoms with Gasteiger partial charge < -0.3 is 8.98 Å². The van der Waals surface area contributed by atoms with E-state index in [1.54, 1.807) is 0 Å². The fraction of sp³-hybridized carbons (Fsp3) is 0. The largest absolute Gasteiger partial charge is 0.456 e. The lowest BCUT2D eigenvalue weighted by atomic mass is 9.96. The van der Waals surface area contributed by atoms with Crippen molar-refractivity contribution in [2.75, 3.05) is 0 Å². The van der Waals surface area contributed by atoms with E-state index >= 15 is 0 Å². The van der Waals surface area contributed by atoms with Gasteiger partial charge in [0.25, 0.3) is 0 Å². The van der Waals surface area contributed by atoms with Gasteiger partial charge in [0, 0.05) is 69.7 Å². The Balaban J connectivity index is 1.02. The van der Waals surface area contributed by atoms with Crippen molar-refractivity contribution in [1.29, 1.82) is 0 Å². The second-order valence-electron chi connectivity index (χ2n) is 16.0. The highest BCUT2D eigenvalue weighted by atomic mass is 32.1. The molecule has 9 aromatic carbocycles. The van der Waals surface area contributed by atoms with E-state index in [0.717, 1.165) is 61.0 Å². The third kappa shape index (κ3) is 5.80. The van der Waals surface area contributed by atoms with Crippen LogP contribution in [0.15, 0.2) is 211 Å². The minimum absolute atomic E-state index is 0.629. The molecule has 0 N–H and O–H groups in total. The van der Waals surface area contributed by atoms with Crippen molar-refractivity contribution in [3.05, 3.63) is 206 Å². The molecule has 6 heteroatoms. The van der Waals surface area contributed by atoms with E-state index in [4.69, 9.17) is 19.4 Å². The Labute approximate surface area is 365 Å². The quantitative estimate of drug-likeness (QED) is 0.168. The molecule has 63 heavy (non-hydrogen) atoms. The van der Waals surface area contributed by atoms with Gasteiger partial charge in [0.15, 0.2) is 17.5 Å². The second kappa shape index (κ2) is 14.2. The fourth-order valence-corrected chi connectivity index (χ4v) is 10.6. The SMILES string of the molecule is c1ccc(-c2nc(-c3ccccc3)nc(-c3cccc(-c4cccc(-c5cc(-n6c7ccccc7c7ccccc76)cc6c5sc5ccc7oc8ccccc8c7c56)c4)c3)n2)cc1. The number of furan rings is 1. The van der Waals surface area contributed by atoms with Crippen molar-refractivity contribution >= 4 is 75.3 Å². The summed E-state index contributed by atoms with van der Waals surface area (Å²) in [6.07, 6.45) is 0. The maximum Gasteiger partial charge on any atom is 0.164 e. The van der Waals surface area contributed by atoms with Gasteiger partial charge >= 0.3 is 0 Å². The summed E-state index contributed by atoms with van der Waals surface area (Å²) in [7, 11) is 0. The molecule has 0 bridgehead atoms. The summed E-state index contributed by atoms with van der Waals surface area (Å²) < 4.78 is 11.4. The van der Waals surface area contributed by atoms with Crippen LogP contribution in [-0.4, -0.2) is 19.5 Å². The minimum Gasteiger partial charge on any atom is -0.456 e. The molecule has 0 fully saturated rings. The maximum absolute atomic E-state index is 6.46. The summed E-state index contributed by atoms with van der Waals surface area (Å²) in [5.74, 6) is 1.91. The van der Waals surface area contributed by atoms with Gasteiger partial charge in [-0.3, -0.25) is 0 Å². The second-order valence-corrected chi connectivity index (χ2v) is 17.0. The van der Waals surface area contributed by atoms with Gasteiger partial charge in [0.05, 0.1) is 11.0 Å². The first-order chi connectivity index (χ1) is 31.2. The number of para-hydroxylation sites is 3. The zero-order valence-corrected chi connectivity index (χ0v) is 34.6. The Hall–Kier alpha value is -8.19. The topological polar surface area (TPSA) is 56.7 Å². The van der Waals surface area contributed by atoms with Gasteiger partial charge in [0.2, 0.25) is 0 Å². The molecule has 13 rings (SSSR count). The van der Waals surface area contributed by atoms with Gasteiger partial charge in [-0.25, -0.2) is 15.0 Å². The average Bonchev–Trinajstić information content (AvgIpc) is 4.04. The van der Waals surface area contributed by atoms with Crippen LogP contribution in [0.2, 0.25) is 0 Å². The minimum atomic E-state index is 0.629. The summed E-state index contributed by atoms with van der Waals surface area (Å²) in [6.45, 7) is 0. The molecule has 294 valence electrons. The van der Waals surface area contributed by atoms with E-state index in [1.165, 1.54) is 47.5 Å². The van der Waals surface area contributed by atoms with E-state index in [1.807, 2.05) is 78.1 Å². The lowest BCUT2D eigenvalue weighted by molar-refractivity contribution is 0.669. The van der Waals surface area contributed by atoms with Crippen LogP contribution >= 0.6 is 11.3 Å². The molecule has 0 radical (unpaired) electrons. The van der Waals surface area contributed by atoms with Crippen LogP contribution in [0.5, 0.6) is 0 Å². The molecule has 4 heterocycles. The molecule has 5 nitrogen and oxygen atoms in total. The lowest BCUT2D eigenvalue weighted by Gasteiger charge is -2.14. The molecular weight excluding hydrogens is 789 g/mol. The monoisotopic (exact) mass is 822 g/mol. The smallest absolute Gasteiger partial charge is 0.164 e. The van der Waals surface area contributed by atoms with Crippen molar-refractivity contribution in [3.63, 3.8) is 0 Å². The molecule has 0 aliphatic heterocycles. The van der Waals surface area contributed by atoms with Gasteiger partial charge in [-0.2, -0.15) is 0 Å². The van der Waals surface area contributed by atoms with E-state index in [0.29, 0.717) is 17.5 Å². The summed E-state index contributed by atoms with van der Waals surface area (Å²) >= 11 is 1.85. The van der Waals surface area contributed by atoms with Gasteiger partial charge in [0.1, 0.15) is 11.2 Å². The van der Waals surface area contributed by atoms with Crippen molar-refractivity contribution in [2.45, 2.75) is 0 Å². The third-order valence-corrected chi connectivity index (χ3v) is 13.4. The molecule has 0 atom stereocenters. The van der Waals surface area contributed by atoms with Crippen LogP contribution < -0.4 is 0 Å². The highest BCUT2D eigenvalue weighted by Gasteiger charge is 2.21. The molecule has 0 saturated heterocycles. The molecule has 0 saturated carbocycles. The maximum atomic E-state index is 6.46. The van der Waals surface area contributed by atoms with Crippen LogP contribution in [0.3, 0.4) is 0 Å². The first kappa shape index (κ1) is 35.6. The number of rotatable bonds is 6. The zero-order valence-electron chi connectivity index (χ0n) is 33.7. The molecule has 0 aliphatic rings.